The Hall–Kier alpha value is -4.14. The van der Waals surface area contributed by atoms with Crippen molar-refractivity contribution in [2.45, 2.75) is 13.8 Å². The molecule has 2 heterocycles. The molecule has 0 saturated heterocycles. The summed E-state index contributed by atoms with van der Waals surface area (Å²) < 4.78 is 44.7. The molecule has 3 rings (SSSR count). The van der Waals surface area contributed by atoms with Crippen molar-refractivity contribution in [3.05, 3.63) is 103 Å². The van der Waals surface area contributed by atoms with Gasteiger partial charge in [-0.25, -0.2) is 13.2 Å². The van der Waals surface area contributed by atoms with Crippen LogP contribution in [0.4, 0.5) is 13.2 Å². The van der Waals surface area contributed by atoms with Crippen LogP contribution in [-0.4, -0.2) is 22.2 Å². The maximum atomic E-state index is 13.9. The Morgan fingerprint density at radius 2 is 1.88 bits per heavy atom. The van der Waals surface area contributed by atoms with Crippen LogP contribution in [-0.2, 0) is 0 Å². The molecule has 0 unspecified atom stereocenters. The summed E-state index contributed by atoms with van der Waals surface area (Å²) in [5, 5.41) is 11.5. The molecule has 9 heteroatoms. The molecular weight excluding hydrogens is 431 g/mol. The fraction of sp³-hybridized carbons (Fsp3) is 0.125. The van der Waals surface area contributed by atoms with Gasteiger partial charge in [-0.05, 0) is 60.9 Å². The quantitative estimate of drug-likeness (QED) is 0.298. The lowest BCUT2D eigenvalue weighted by Crippen LogP contribution is -1.91. The molecule has 0 fully saturated rings. The van der Waals surface area contributed by atoms with E-state index in [-0.39, 0.29) is 23.1 Å². The molecule has 0 amide bonds. The fourth-order valence-corrected chi connectivity index (χ4v) is 2.46. The third kappa shape index (κ3) is 6.67. The first-order valence-electron chi connectivity index (χ1n) is 9.64. The third-order valence-electron chi connectivity index (χ3n) is 4.31. The summed E-state index contributed by atoms with van der Waals surface area (Å²) in [6, 6.07) is 6.65. The van der Waals surface area contributed by atoms with Crippen LogP contribution in [0.15, 0.2) is 94.2 Å². The predicted molar refractivity (Wildman–Crippen MR) is 121 cm³/mol. The zero-order chi connectivity index (χ0) is 24.4. The smallest absolute Gasteiger partial charge is 0.279 e. The molecule has 33 heavy (non-hydrogen) atoms. The Morgan fingerprint density at radius 3 is 2.45 bits per heavy atom. The highest BCUT2D eigenvalue weighted by Crippen LogP contribution is 2.28. The van der Waals surface area contributed by atoms with Crippen molar-refractivity contribution in [2.75, 3.05) is 7.05 Å². The molecule has 0 saturated carbocycles. The molecule has 0 bridgehead atoms. The van der Waals surface area contributed by atoms with E-state index in [0.717, 1.165) is 29.8 Å². The van der Waals surface area contributed by atoms with Gasteiger partial charge in [0.25, 0.3) is 5.89 Å². The Bertz CT molecular complexity index is 1200. The van der Waals surface area contributed by atoms with Gasteiger partial charge in [0, 0.05) is 19.4 Å². The van der Waals surface area contributed by atoms with E-state index >= 15 is 0 Å². The zero-order valence-corrected chi connectivity index (χ0v) is 18.4. The van der Waals surface area contributed by atoms with Crippen molar-refractivity contribution in [2.24, 2.45) is 10.2 Å². The molecule has 0 aliphatic rings. The van der Waals surface area contributed by atoms with Gasteiger partial charge < -0.3 is 4.52 Å². The fourth-order valence-electron chi connectivity index (χ4n) is 2.46. The van der Waals surface area contributed by atoms with E-state index in [1.807, 2.05) is 6.07 Å². The first kappa shape index (κ1) is 25.1. The molecule has 0 atom stereocenters. The summed E-state index contributed by atoms with van der Waals surface area (Å²) in [6.07, 6.45) is 5.92. The highest BCUT2D eigenvalue weighted by atomic mass is 19.1. The Kier molecular flexibility index (Phi) is 9.17. The molecule has 0 N–H and O–H groups in total. The maximum absolute atomic E-state index is 13.9. The SMILES string of the molecule is C=C/C(C)=C(/F)C=C.CN=N/C(=C(\C)c1cccnc1)c1nc(-c2cc(F)ccc2F)no1. The van der Waals surface area contributed by atoms with Crippen molar-refractivity contribution < 1.29 is 17.7 Å². The van der Waals surface area contributed by atoms with Crippen LogP contribution in [0.5, 0.6) is 0 Å². The molecule has 170 valence electrons. The predicted octanol–water partition coefficient (Wildman–Crippen LogP) is 6.98. The standard InChI is InChI=1S/C17H13F2N5O.C7H9F/c1-10(11-4-3-7-21-9-11)15(23-20-2)17-22-16(24-25-17)13-8-12(18)5-6-14(13)19;1-4-6(3)7(8)5-2/h3-9H,1-2H3;4-5H,1-2H2,3H3/b15-10+,23-20?;7-6+. The van der Waals surface area contributed by atoms with Crippen molar-refractivity contribution in [3.63, 3.8) is 0 Å². The number of allylic oxidation sites excluding steroid dienone is 5. The topological polar surface area (TPSA) is 76.5 Å². The Labute approximate surface area is 189 Å². The molecule has 0 radical (unpaired) electrons. The van der Waals surface area contributed by atoms with Gasteiger partial charge in [-0.3, -0.25) is 4.98 Å². The minimum Gasteiger partial charge on any atom is -0.332 e. The average Bonchev–Trinajstić information content (AvgIpc) is 3.33. The first-order valence-corrected chi connectivity index (χ1v) is 9.64. The van der Waals surface area contributed by atoms with Crippen molar-refractivity contribution in [1.82, 2.24) is 15.1 Å². The number of rotatable bonds is 6. The first-order chi connectivity index (χ1) is 15.8. The van der Waals surface area contributed by atoms with Crippen molar-refractivity contribution in [1.29, 1.82) is 0 Å². The lowest BCUT2D eigenvalue weighted by molar-refractivity contribution is 0.407. The molecule has 0 aliphatic heterocycles. The summed E-state index contributed by atoms with van der Waals surface area (Å²) in [6.45, 7) is 10.1. The van der Waals surface area contributed by atoms with Gasteiger partial charge in [0.2, 0.25) is 5.82 Å². The largest absolute Gasteiger partial charge is 0.332 e. The van der Waals surface area contributed by atoms with Gasteiger partial charge >= 0.3 is 0 Å². The summed E-state index contributed by atoms with van der Waals surface area (Å²) in [7, 11) is 1.50. The molecule has 3 aromatic rings. The van der Waals surface area contributed by atoms with Gasteiger partial charge in [-0.15, -0.1) is 0 Å². The summed E-state index contributed by atoms with van der Waals surface area (Å²) >= 11 is 0. The van der Waals surface area contributed by atoms with Gasteiger partial charge in [0.1, 0.15) is 17.5 Å². The monoisotopic (exact) mass is 453 g/mol. The second-order valence-corrected chi connectivity index (χ2v) is 6.50. The van der Waals surface area contributed by atoms with Crippen molar-refractivity contribution >= 4 is 11.3 Å². The van der Waals surface area contributed by atoms with Crippen LogP contribution < -0.4 is 0 Å². The lowest BCUT2D eigenvalue weighted by Gasteiger charge is -2.03. The van der Waals surface area contributed by atoms with Crippen LogP contribution >= 0.6 is 0 Å². The highest BCUT2D eigenvalue weighted by Gasteiger charge is 2.19. The van der Waals surface area contributed by atoms with E-state index in [9.17, 15) is 13.2 Å². The van der Waals surface area contributed by atoms with Crippen LogP contribution in [0.2, 0.25) is 0 Å². The number of hydrogen-bond acceptors (Lipinski definition) is 6. The van der Waals surface area contributed by atoms with Gasteiger partial charge in [-0.2, -0.15) is 15.2 Å². The molecule has 0 spiro atoms. The molecule has 2 aromatic heterocycles. The molecule has 0 aliphatic carbocycles. The van der Waals surface area contributed by atoms with Gasteiger partial charge in [0.05, 0.1) is 5.56 Å². The minimum absolute atomic E-state index is 0.0469. The van der Waals surface area contributed by atoms with E-state index in [1.54, 1.807) is 32.3 Å². The zero-order valence-electron chi connectivity index (χ0n) is 18.4. The van der Waals surface area contributed by atoms with Crippen LogP contribution in [0.25, 0.3) is 22.7 Å². The van der Waals surface area contributed by atoms with E-state index in [0.29, 0.717) is 16.8 Å². The van der Waals surface area contributed by atoms with E-state index < -0.39 is 11.6 Å². The lowest BCUT2D eigenvalue weighted by atomic mass is 10.1. The normalized spacial score (nSPS) is 12.4. The van der Waals surface area contributed by atoms with Gasteiger partial charge in [-0.1, -0.05) is 30.5 Å². The summed E-state index contributed by atoms with van der Waals surface area (Å²) in [4.78, 5) is 8.18. The number of nitrogens with zero attached hydrogens (tertiary/aromatic N) is 5. The molecular formula is C24H22F3N5O. The number of pyridine rings is 1. The third-order valence-corrected chi connectivity index (χ3v) is 4.31. The number of benzene rings is 1. The molecule has 6 nitrogen and oxygen atoms in total. The van der Waals surface area contributed by atoms with Crippen LogP contribution in [0.3, 0.4) is 0 Å². The highest BCUT2D eigenvalue weighted by molar-refractivity contribution is 5.86. The van der Waals surface area contributed by atoms with Gasteiger partial charge in [0.15, 0.2) is 5.70 Å². The van der Waals surface area contributed by atoms with E-state index in [1.165, 1.54) is 13.1 Å². The average molecular weight is 453 g/mol. The Balaban J connectivity index is 0.000000414. The number of azo groups is 1. The second-order valence-electron chi connectivity index (χ2n) is 6.50. The molecule has 1 aromatic carbocycles. The van der Waals surface area contributed by atoms with Crippen LogP contribution in [0.1, 0.15) is 25.3 Å². The number of hydrogen-bond donors (Lipinski definition) is 0. The number of halogens is 3. The van der Waals surface area contributed by atoms with Crippen LogP contribution in [0, 0.1) is 11.6 Å². The summed E-state index contributed by atoms with van der Waals surface area (Å²) in [5.41, 5.74) is 2.25. The summed E-state index contributed by atoms with van der Waals surface area (Å²) in [5.74, 6) is -1.58. The van der Waals surface area contributed by atoms with E-state index in [2.05, 4.69) is 38.5 Å². The number of aromatic nitrogens is 3. The van der Waals surface area contributed by atoms with E-state index in [4.69, 9.17) is 4.52 Å². The Morgan fingerprint density at radius 1 is 1.12 bits per heavy atom. The minimum atomic E-state index is -0.652. The second kappa shape index (κ2) is 12.0. The van der Waals surface area contributed by atoms with Crippen molar-refractivity contribution in [3.8, 4) is 11.4 Å². The maximum Gasteiger partial charge on any atom is 0.279 e.